The Morgan fingerprint density at radius 1 is 1.27 bits per heavy atom. The van der Waals surface area contributed by atoms with Crippen molar-refractivity contribution in [2.75, 3.05) is 0 Å². The maximum absolute atomic E-state index is 9.03. The lowest BCUT2D eigenvalue weighted by atomic mass is 9.86. The predicted octanol–water partition coefficient (Wildman–Crippen LogP) is 3.14. The molecule has 2 atom stereocenters. The second kappa shape index (κ2) is 5.16. The van der Waals surface area contributed by atoms with Crippen molar-refractivity contribution in [3.05, 3.63) is 34.9 Å². The van der Waals surface area contributed by atoms with Crippen LogP contribution < -0.4 is 5.73 Å². The second-order valence-corrected chi connectivity index (χ2v) is 4.41. The lowest BCUT2D eigenvalue weighted by Crippen LogP contribution is -2.24. The average Bonchev–Trinajstić information content (AvgIpc) is 2.19. The maximum Gasteiger partial charge on any atom is 0.0679 e. The Morgan fingerprint density at radius 3 is 2.20 bits per heavy atom. The van der Waals surface area contributed by atoms with E-state index < -0.39 is 0 Å². The first-order chi connectivity index (χ1) is 7.06. The monoisotopic (exact) mass is 222 g/mol. The topological polar surface area (TPSA) is 49.8 Å². The molecule has 2 unspecified atom stereocenters. The van der Waals surface area contributed by atoms with E-state index in [1.807, 2.05) is 26.0 Å². The molecule has 0 saturated carbocycles. The Kier molecular flexibility index (Phi) is 4.14. The molecule has 2 N–H and O–H groups in total. The van der Waals surface area contributed by atoms with Crippen LogP contribution in [0.3, 0.4) is 0 Å². The van der Waals surface area contributed by atoms with Crippen LogP contribution in [0.25, 0.3) is 0 Å². The normalized spacial score (nSPS) is 14.7. The Balaban J connectivity index is 2.89. The molecule has 0 amide bonds. The van der Waals surface area contributed by atoms with Crippen molar-refractivity contribution in [1.82, 2.24) is 0 Å². The zero-order valence-electron chi connectivity index (χ0n) is 8.94. The van der Waals surface area contributed by atoms with Crippen molar-refractivity contribution in [1.29, 1.82) is 5.26 Å². The fourth-order valence-electron chi connectivity index (χ4n) is 1.54. The van der Waals surface area contributed by atoms with Gasteiger partial charge in [0.25, 0.3) is 0 Å². The Labute approximate surface area is 95.7 Å². The van der Waals surface area contributed by atoms with E-state index in [4.69, 9.17) is 22.6 Å². The average molecular weight is 223 g/mol. The largest absolute Gasteiger partial charge is 0.323 e. The zero-order chi connectivity index (χ0) is 11.4. The SMILES string of the molecule is CC(C)C(C#N)C(N)c1ccc(Cl)cc1. The van der Waals surface area contributed by atoms with Crippen LogP contribution in [-0.4, -0.2) is 0 Å². The fourth-order valence-corrected chi connectivity index (χ4v) is 1.66. The summed E-state index contributed by atoms with van der Waals surface area (Å²) in [6.45, 7) is 4.01. The summed E-state index contributed by atoms with van der Waals surface area (Å²) in [7, 11) is 0. The number of rotatable bonds is 3. The standard InChI is InChI=1S/C12H15ClN2/c1-8(2)11(7-14)12(15)9-3-5-10(13)6-4-9/h3-6,8,11-12H,15H2,1-2H3. The van der Waals surface area contributed by atoms with Crippen LogP contribution >= 0.6 is 11.6 Å². The first-order valence-electron chi connectivity index (χ1n) is 4.97. The molecule has 0 spiro atoms. The highest BCUT2D eigenvalue weighted by molar-refractivity contribution is 6.30. The van der Waals surface area contributed by atoms with Crippen LogP contribution in [0, 0.1) is 23.2 Å². The Morgan fingerprint density at radius 2 is 1.80 bits per heavy atom. The van der Waals surface area contributed by atoms with Crippen LogP contribution in [0.4, 0.5) is 0 Å². The summed E-state index contributed by atoms with van der Waals surface area (Å²) in [6.07, 6.45) is 0. The lowest BCUT2D eigenvalue weighted by molar-refractivity contribution is 0.404. The van der Waals surface area contributed by atoms with Crippen molar-refractivity contribution in [3.8, 4) is 6.07 Å². The second-order valence-electron chi connectivity index (χ2n) is 3.98. The van der Waals surface area contributed by atoms with Gasteiger partial charge in [-0.1, -0.05) is 37.6 Å². The summed E-state index contributed by atoms with van der Waals surface area (Å²) >= 11 is 5.79. The summed E-state index contributed by atoms with van der Waals surface area (Å²) in [4.78, 5) is 0. The summed E-state index contributed by atoms with van der Waals surface area (Å²) in [6, 6.07) is 9.36. The Bertz CT molecular complexity index is 351. The van der Waals surface area contributed by atoms with Gasteiger partial charge in [0, 0.05) is 11.1 Å². The molecular formula is C12H15ClN2. The highest BCUT2D eigenvalue weighted by Crippen LogP contribution is 2.26. The van der Waals surface area contributed by atoms with Gasteiger partial charge in [-0.2, -0.15) is 5.26 Å². The highest BCUT2D eigenvalue weighted by atomic mass is 35.5. The predicted molar refractivity (Wildman–Crippen MR) is 62.3 cm³/mol. The van der Waals surface area contributed by atoms with Gasteiger partial charge in [-0.05, 0) is 23.6 Å². The van der Waals surface area contributed by atoms with Crippen molar-refractivity contribution in [3.63, 3.8) is 0 Å². The molecular weight excluding hydrogens is 208 g/mol. The molecule has 1 aromatic rings. The molecule has 0 fully saturated rings. The van der Waals surface area contributed by atoms with Crippen molar-refractivity contribution in [2.45, 2.75) is 19.9 Å². The van der Waals surface area contributed by atoms with E-state index in [0.717, 1.165) is 5.56 Å². The summed E-state index contributed by atoms with van der Waals surface area (Å²) in [5.41, 5.74) is 6.99. The van der Waals surface area contributed by atoms with Crippen LogP contribution in [0.5, 0.6) is 0 Å². The number of nitrogens with zero attached hydrogens (tertiary/aromatic N) is 1. The minimum atomic E-state index is -0.243. The molecule has 0 heterocycles. The smallest absolute Gasteiger partial charge is 0.0679 e. The zero-order valence-corrected chi connectivity index (χ0v) is 9.70. The molecule has 80 valence electrons. The number of nitriles is 1. The molecule has 15 heavy (non-hydrogen) atoms. The van der Waals surface area contributed by atoms with E-state index in [1.165, 1.54) is 0 Å². The molecule has 2 nitrogen and oxygen atoms in total. The number of hydrogen-bond donors (Lipinski definition) is 1. The van der Waals surface area contributed by atoms with Crippen LogP contribution in [0.2, 0.25) is 5.02 Å². The van der Waals surface area contributed by atoms with Crippen LogP contribution in [-0.2, 0) is 0 Å². The molecule has 1 rings (SSSR count). The van der Waals surface area contributed by atoms with Gasteiger partial charge in [0.2, 0.25) is 0 Å². The number of halogens is 1. The van der Waals surface area contributed by atoms with E-state index in [0.29, 0.717) is 5.02 Å². The highest BCUT2D eigenvalue weighted by Gasteiger charge is 2.22. The third-order valence-electron chi connectivity index (χ3n) is 2.51. The van der Waals surface area contributed by atoms with Crippen molar-refractivity contribution >= 4 is 11.6 Å². The number of benzene rings is 1. The van der Waals surface area contributed by atoms with Crippen molar-refractivity contribution in [2.24, 2.45) is 17.6 Å². The van der Waals surface area contributed by atoms with E-state index in [1.54, 1.807) is 12.1 Å². The van der Waals surface area contributed by atoms with Gasteiger partial charge >= 0.3 is 0 Å². The van der Waals surface area contributed by atoms with E-state index in [9.17, 15) is 0 Å². The van der Waals surface area contributed by atoms with Gasteiger partial charge in [0.05, 0.1) is 12.0 Å². The minimum Gasteiger partial charge on any atom is -0.323 e. The van der Waals surface area contributed by atoms with E-state index in [2.05, 4.69) is 6.07 Å². The van der Waals surface area contributed by atoms with Crippen molar-refractivity contribution < 1.29 is 0 Å². The van der Waals surface area contributed by atoms with E-state index >= 15 is 0 Å². The van der Waals surface area contributed by atoms with Gasteiger partial charge in [-0.15, -0.1) is 0 Å². The van der Waals surface area contributed by atoms with Gasteiger partial charge in [0.15, 0.2) is 0 Å². The maximum atomic E-state index is 9.03. The van der Waals surface area contributed by atoms with Gasteiger partial charge < -0.3 is 5.73 Å². The molecule has 0 aliphatic heterocycles. The fraction of sp³-hybridized carbons (Fsp3) is 0.417. The van der Waals surface area contributed by atoms with Gasteiger partial charge in [-0.25, -0.2) is 0 Å². The van der Waals surface area contributed by atoms with Gasteiger partial charge in [-0.3, -0.25) is 0 Å². The molecule has 0 bridgehead atoms. The molecule has 1 aromatic carbocycles. The molecule has 0 aliphatic rings. The third-order valence-corrected chi connectivity index (χ3v) is 2.76. The van der Waals surface area contributed by atoms with Crippen LogP contribution in [0.1, 0.15) is 25.5 Å². The third kappa shape index (κ3) is 2.95. The van der Waals surface area contributed by atoms with Gasteiger partial charge in [0.1, 0.15) is 0 Å². The molecule has 0 radical (unpaired) electrons. The van der Waals surface area contributed by atoms with E-state index in [-0.39, 0.29) is 17.9 Å². The summed E-state index contributed by atoms with van der Waals surface area (Å²) in [5.74, 6) is 0.0897. The number of hydrogen-bond acceptors (Lipinski definition) is 2. The molecule has 3 heteroatoms. The Hall–Kier alpha value is -1.04. The molecule has 0 aliphatic carbocycles. The summed E-state index contributed by atoms with van der Waals surface area (Å²) < 4.78 is 0. The van der Waals surface area contributed by atoms with Crippen LogP contribution in [0.15, 0.2) is 24.3 Å². The molecule has 0 saturated heterocycles. The molecule has 0 aromatic heterocycles. The lowest BCUT2D eigenvalue weighted by Gasteiger charge is -2.21. The first kappa shape index (κ1) is 12.0. The minimum absolute atomic E-state index is 0.161. The first-order valence-corrected chi connectivity index (χ1v) is 5.34. The quantitative estimate of drug-likeness (QED) is 0.854. The summed E-state index contributed by atoms with van der Waals surface area (Å²) in [5, 5.41) is 9.71. The number of nitrogens with two attached hydrogens (primary N) is 1.